The van der Waals surface area contributed by atoms with E-state index < -0.39 is 5.60 Å². The Morgan fingerprint density at radius 1 is 1.44 bits per heavy atom. The van der Waals surface area contributed by atoms with E-state index in [4.69, 9.17) is 4.74 Å². The molecule has 1 fully saturated rings. The molecule has 1 saturated heterocycles. The highest BCUT2D eigenvalue weighted by molar-refractivity contribution is 5.76. The smallest absolute Gasteiger partial charge is 0.222 e. The van der Waals surface area contributed by atoms with E-state index in [0.29, 0.717) is 38.1 Å². The van der Waals surface area contributed by atoms with Gasteiger partial charge in [0.05, 0.1) is 6.54 Å². The summed E-state index contributed by atoms with van der Waals surface area (Å²) in [5.41, 5.74) is -1.10. The Bertz CT molecular complexity index is 710. The summed E-state index contributed by atoms with van der Waals surface area (Å²) < 4.78 is 20.3. The maximum Gasteiger partial charge on any atom is 0.222 e. The monoisotopic (exact) mass is 348 g/mol. The normalized spacial score (nSPS) is 20.0. The maximum absolute atomic E-state index is 13.1. The number of amides is 1. The number of likely N-dealkylation sites (tertiary alicyclic amines) is 1. The van der Waals surface area contributed by atoms with Crippen molar-refractivity contribution < 1.29 is 19.0 Å². The second kappa shape index (κ2) is 7.60. The first kappa shape index (κ1) is 17.3. The van der Waals surface area contributed by atoms with Gasteiger partial charge >= 0.3 is 0 Å². The number of rotatable bonds is 7. The summed E-state index contributed by atoms with van der Waals surface area (Å²) >= 11 is 0. The fourth-order valence-electron chi connectivity index (χ4n) is 2.86. The molecule has 1 atom stereocenters. The lowest BCUT2D eigenvalue weighted by Gasteiger charge is -2.23. The van der Waals surface area contributed by atoms with Crippen LogP contribution in [0.5, 0.6) is 5.75 Å². The van der Waals surface area contributed by atoms with Crippen molar-refractivity contribution >= 4 is 5.91 Å². The Labute approximate surface area is 145 Å². The van der Waals surface area contributed by atoms with Crippen LogP contribution < -0.4 is 4.74 Å². The van der Waals surface area contributed by atoms with Crippen molar-refractivity contribution in [1.82, 2.24) is 19.7 Å². The largest absolute Gasteiger partial charge is 0.490 e. The molecule has 3 rings (SSSR count). The van der Waals surface area contributed by atoms with E-state index >= 15 is 0 Å². The average molecular weight is 348 g/mol. The molecule has 2 aromatic rings. The number of benzene rings is 1. The number of carbonyl (C=O) groups excluding carboxylic acids is 1. The van der Waals surface area contributed by atoms with Crippen LogP contribution in [0.1, 0.15) is 19.3 Å². The molecule has 0 radical (unpaired) electrons. The lowest BCUT2D eigenvalue weighted by Crippen LogP contribution is -2.40. The standard InChI is InChI=1S/C17H21FN4O3/c18-14-3-1-4-15(9-14)25-11-17(24)6-8-21(10-17)16(23)5-2-7-22-13-19-12-20-22/h1,3-4,9,12-13,24H,2,5-8,10-11H2. The lowest BCUT2D eigenvalue weighted by molar-refractivity contribution is -0.131. The van der Waals surface area contributed by atoms with Crippen molar-refractivity contribution in [2.45, 2.75) is 31.4 Å². The highest BCUT2D eigenvalue weighted by Crippen LogP contribution is 2.24. The number of aromatic nitrogens is 3. The summed E-state index contributed by atoms with van der Waals surface area (Å²) in [6, 6.07) is 5.78. The van der Waals surface area contributed by atoms with Crippen molar-refractivity contribution in [3.05, 3.63) is 42.7 Å². The Morgan fingerprint density at radius 2 is 2.32 bits per heavy atom. The summed E-state index contributed by atoms with van der Waals surface area (Å²) in [6.07, 6.45) is 4.57. The number of nitrogens with zero attached hydrogens (tertiary/aromatic N) is 4. The molecule has 25 heavy (non-hydrogen) atoms. The average Bonchev–Trinajstić information content (AvgIpc) is 3.23. The fourth-order valence-corrected chi connectivity index (χ4v) is 2.86. The molecule has 1 unspecified atom stereocenters. The minimum absolute atomic E-state index is 0.00166. The number of hydrogen-bond acceptors (Lipinski definition) is 5. The third kappa shape index (κ3) is 4.76. The first-order chi connectivity index (χ1) is 12.0. The van der Waals surface area contributed by atoms with E-state index in [1.807, 2.05) is 0 Å². The first-order valence-corrected chi connectivity index (χ1v) is 8.25. The van der Waals surface area contributed by atoms with Crippen molar-refractivity contribution in [3.8, 4) is 5.75 Å². The Kier molecular flexibility index (Phi) is 5.28. The van der Waals surface area contributed by atoms with Gasteiger partial charge < -0.3 is 14.7 Å². The Hall–Kier alpha value is -2.48. The van der Waals surface area contributed by atoms with Gasteiger partial charge in [0, 0.05) is 25.6 Å². The van der Waals surface area contributed by atoms with Gasteiger partial charge in [0.1, 0.15) is 36.4 Å². The van der Waals surface area contributed by atoms with Gasteiger partial charge in [0.2, 0.25) is 5.91 Å². The fraction of sp³-hybridized carbons (Fsp3) is 0.471. The van der Waals surface area contributed by atoms with Gasteiger partial charge in [-0.2, -0.15) is 5.10 Å². The number of aryl methyl sites for hydroxylation is 1. The van der Waals surface area contributed by atoms with Gasteiger partial charge in [-0.05, 0) is 25.0 Å². The van der Waals surface area contributed by atoms with Gasteiger partial charge in [0.15, 0.2) is 0 Å². The van der Waals surface area contributed by atoms with Gasteiger partial charge in [-0.15, -0.1) is 0 Å². The van der Waals surface area contributed by atoms with Crippen LogP contribution in [0.4, 0.5) is 4.39 Å². The molecule has 8 heteroatoms. The number of halogens is 1. The first-order valence-electron chi connectivity index (χ1n) is 8.25. The number of hydrogen-bond donors (Lipinski definition) is 1. The molecule has 7 nitrogen and oxygen atoms in total. The van der Waals surface area contributed by atoms with Crippen molar-refractivity contribution in [3.63, 3.8) is 0 Å². The van der Waals surface area contributed by atoms with Gasteiger partial charge in [0.25, 0.3) is 0 Å². The lowest BCUT2D eigenvalue weighted by atomic mass is 10.1. The summed E-state index contributed by atoms with van der Waals surface area (Å²) in [6.45, 7) is 1.38. The van der Waals surface area contributed by atoms with Crippen molar-refractivity contribution in [2.24, 2.45) is 0 Å². The van der Waals surface area contributed by atoms with Gasteiger partial charge in [-0.1, -0.05) is 6.07 Å². The number of β-amino-alcohol motifs (C(OH)–C–C–N with tert-alkyl or cyclic N) is 1. The van der Waals surface area contributed by atoms with Crippen LogP contribution in [0.3, 0.4) is 0 Å². The predicted molar refractivity (Wildman–Crippen MR) is 87.3 cm³/mol. The second-order valence-corrected chi connectivity index (χ2v) is 6.30. The van der Waals surface area contributed by atoms with Crippen LogP contribution in [0.2, 0.25) is 0 Å². The summed E-state index contributed by atoms with van der Waals surface area (Å²) in [4.78, 5) is 17.8. The molecule has 0 aliphatic carbocycles. The molecule has 0 spiro atoms. The Balaban J connectivity index is 1.44. The molecule has 134 valence electrons. The van der Waals surface area contributed by atoms with E-state index in [0.717, 1.165) is 0 Å². The van der Waals surface area contributed by atoms with E-state index in [9.17, 15) is 14.3 Å². The summed E-state index contributed by atoms with van der Waals surface area (Å²) in [7, 11) is 0. The molecule has 1 aliphatic heterocycles. The Morgan fingerprint density at radius 3 is 3.08 bits per heavy atom. The van der Waals surface area contributed by atoms with Crippen LogP contribution >= 0.6 is 0 Å². The number of aliphatic hydroxyl groups is 1. The zero-order valence-corrected chi connectivity index (χ0v) is 13.8. The van der Waals surface area contributed by atoms with Gasteiger partial charge in [-0.3, -0.25) is 9.48 Å². The summed E-state index contributed by atoms with van der Waals surface area (Å²) in [5, 5.41) is 14.6. The summed E-state index contributed by atoms with van der Waals surface area (Å²) in [5.74, 6) is -0.0204. The van der Waals surface area contributed by atoms with E-state index in [-0.39, 0.29) is 24.9 Å². The van der Waals surface area contributed by atoms with Crippen molar-refractivity contribution in [1.29, 1.82) is 0 Å². The minimum atomic E-state index is -1.10. The molecule has 1 aliphatic rings. The molecular formula is C17H21FN4O3. The molecule has 1 N–H and O–H groups in total. The van der Waals surface area contributed by atoms with Crippen LogP contribution in [0.15, 0.2) is 36.9 Å². The van der Waals surface area contributed by atoms with Crippen LogP contribution in [-0.2, 0) is 11.3 Å². The molecule has 1 amide bonds. The van der Waals surface area contributed by atoms with E-state index in [1.165, 1.54) is 18.5 Å². The zero-order chi connectivity index (χ0) is 17.7. The van der Waals surface area contributed by atoms with Gasteiger partial charge in [-0.25, -0.2) is 9.37 Å². The maximum atomic E-state index is 13.1. The van der Waals surface area contributed by atoms with Crippen LogP contribution in [-0.4, -0.2) is 56.0 Å². The zero-order valence-electron chi connectivity index (χ0n) is 13.8. The molecule has 0 saturated carbocycles. The minimum Gasteiger partial charge on any atom is -0.490 e. The number of ether oxygens (including phenoxy) is 1. The molecular weight excluding hydrogens is 327 g/mol. The SMILES string of the molecule is O=C(CCCn1cncn1)N1CCC(O)(COc2cccc(F)c2)C1. The molecule has 1 aromatic carbocycles. The van der Waals surface area contributed by atoms with Crippen LogP contribution in [0.25, 0.3) is 0 Å². The molecule has 0 bridgehead atoms. The topological polar surface area (TPSA) is 80.5 Å². The number of carbonyl (C=O) groups is 1. The van der Waals surface area contributed by atoms with Crippen LogP contribution in [0, 0.1) is 5.82 Å². The quantitative estimate of drug-likeness (QED) is 0.814. The molecule has 1 aromatic heterocycles. The third-order valence-electron chi connectivity index (χ3n) is 4.23. The highest BCUT2D eigenvalue weighted by Gasteiger charge is 2.38. The van der Waals surface area contributed by atoms with Crippen molar-refractivity contribution in [2.75, 3.05) is 19.7 Å². The van der Waals surface area contributed by atoms with E-state index in [1.54, 1.807) is 28.0 Å². The molecule has 2 heterocycles. The van der Waals surface area contributed by atoms with E-state index in [2.05, 4.69) is 10.1 Å². The third-order valence-corrected chi connectivity index (χ3v) is 4.23. The second-order valence-electron chi connectivity index (χ2n) is 6.30. The predicted octanol–water partition coefficient (Wildman–Crippen LogP) is 1.24. The highest BCUT2D eigenvalue weighted by atomic mass is 19.1.